The normalized spacial score (nSPS) is 16.9. The second kappa shape index (κ2) is 10.1. The van der Waals surface area contributed by atoms with E-state index < -0.39 is 0 Å². The van der Waals surface area contributed by atoms with E-state index in [9.17, 15) is 9.18 Å². The smallest absolute Gasteiger partial charge is 0.263 e. The molecule has 0 bridgehead atoms. The van der Waals surface area contributed by atoms with Crippen LogP contribution >= 0.6 is 11.3 Å². The summed E-state index contributed by atoms with van der Waals surface area (Å²) in [5.41, 5.74) is 2.97. The zero-order valence-electron chi connectivity index (χ0n) is 17.5. The summed E-state index contributed by atoms with van der Waals surface area (Å²) in [6, 6.07) is 16.7. The molecular weight excluding hydrogens is 413 g/mol. The quantitative estimate of drug-likeness (QED) is 0.608. The van der Waals surface area contributed by atoms with Gasteiger partial charge in [0.25, 0.3) is 5.91 Å². The van der Waals surface area contributed by atoms with Gasteiger partial charge in [0.1, 0.15) is 10.7 Å². The highest BCUT2D eigenvalue weighted by molar-refractivity contribution is 7.13. The van der Waals surface area contributed by atoms with Crippen LogP contribution in [-0.2, 0) is 17.7 Å². The number of morpholine rings is 1. The number of thiazole rings is 1. The molecule has 31 heavy (non-hydrogen) atoms. The number of carbonyl (C=O) groups is 1. The van der Waals surface area contributed by atoms with E-state index in [0.717, 1.165) is 35.9 Å². The third-order valence-electron chi connectivity index (χ3n) is 5.28. The lowest BCUT2D eigenvalue weighted by molar-refractivity contribution is -0.0292. The molecular formula is C24H26FN3O2S. The topological polar surface area (TPSA) is 54.5 Å². The standard InChI is InChI=1S/C24H26FN3O2S/c1-17-23(31-22(27-17)13-18-7-9-20(25)10-8-18)24(29)26-14-21-16-28(11-12-30-21)15-19-5-3-2-4-6-19/h2-10,21H,11-16H2,1H3,(H,26,29). The van der Waals surface area contributed by atoms with Crippen molar-refractivity contribution in [2.24, 2.45) is 0 Å². The van der Waals surface area contributed by atoms with Crippen molar-refractivity contribution in [1.29, 1.82) is 0 Å². The minimum absolute atomic E-state index is 0.0340. The fourth-order valence-electron chi connectivity index (χ4n) is 3.69. The minimum Gasteiger partial charge on any atom is -0.374 e. The van der Waals surface area contributed by atoms with Gasteiger partial charge in [-0.05, 0) is 30.2 Å². The first kappa shape index (κ1) is 21.6. The predicted molar refractivity (Wildman–Crippen MR) is 120 cm³/mol. The Balaban J connectivity index is 1.30. The Morgan fingerprint density at radius 1 is 1.19 bits per heavy atom. The van der Waals surface area contributed by atoms with Crippen molar-refractivity contribution in [2.75, 3.05) is 26.2 Å². The predicted octanol–water partition coefficient (Wildman–Crippen LogP) is 3.81. The maximum atomic E-state index is 13.1. The zero-order chi connectivity index (χ0) is 21.6. The molecule has 1 N–H and O–H groups in total. The summed E-state index contributed by atoms with van der Waals surface area (Å²) in [6.45, 7) is 5.53. The molecule has 0 radical (unpaired) electrons. The van der Waals surface area contributed by atoms with Crippen LogP contribution in [0.5, 0.6) is 0 Å². The molecule has 162 valence electrons. The van der Waals surface area contributed by atoms with Crippen LogP contribution in [0.2, 0.25) is 0 Å². The molecule has 2 aromatic carbocycles. The van der Waals surface area contributed by atoms with E-state index in [-0.39, 0.29) is 17.8 Å². The molecule has 1 amide bonds. The van der Waals surface area contributed by atoms with Crippen molar-refractivity contribution < 1.29 is 13.9 Å². The third-order valence-corrected chi connectivity index (χ3v) is 6.43. The second-order valence-electron chi connectivity index (χ2n) is 7.75. The van der Waals surface area contributed by atoms with E-state index in [4.69, 9.17) is 4.74 Å². The molecule has 5 nitrogen and oxygen atoms in total. The summed E-state index contributed by atoms with van der Waals surface area (Å²) in [5.74, 6) is -0.379. The first-order valence-corrected chi connectivity index (χ1v) is 11.3. The van der Waals surface area contributed by atoms with Crippen LogP contribution in [-0.4, -0.2) is 48.1 Å². The number of amides is 1. The molecule has 1 aliphatic rings. The molecule has 7 heteroatoms. The Hall–Kier alpha value is -2.61. The number of benzene rings is 2. The molecule has 1 aromatic heterocycles. The van der Waals surface area contributed by atoms with E-state index >= 15 is 0 Å². The minimum atomic E-state index is -0.258. The monoisotopic (exact) mass is 439 g/mol. The van der Waals surface area contributed by atoms with Gasteiger partial charge in [0.05, 0.1) is 23.4 Å². The average molecular weight is 440 g/mol. The van der Waals surface area contributed by atoms with Gasteiger partial charge in [-0.3, -0.25) is 9.69 Å². The van der Waals surface area contributed by atoms with Gasteiger partial charge in [-0.2, -0.15) is 0 Å². The van der Waals surface area contributed by atoms with Gasteiger partial charge < -0.3 is 10.1 Å². The molecule has 0 saturated carbocycles. The largest absolute Gasteiger partial charge is 0.374 e. The number of carbonyl (C=O) groups excluding carboxylic acids is 1. The fraction of sp³-hybridized carbons (Fsp3) is 0.333. The number of ether oxygens (including phenoxy) is 1. The third kappa shape index (κ3) is 5.97. The number of rotatable bonds is 7. The van der Waals surface area contributed by atoms with Crippen molar-refractivity contribution in [2.45, 2.75) is 26.0 Å². The highest BCUT2D eigenvalue weighted by Gasteiger charge is 2.22. The Morgan fingerprint density at radius 3 is 2.74 bits per heavy atom. The number of hydrogen-bond donors (Lipinski definition) is 1. The lowest BCUT2D eigenvalue weighted by atomic mass is 10.1. The fourth-order valence-corrected chi connectivity index (χ4v) is 4.71. The molecule has 0 spiro atoms. The Morgan fingerprint density at radius 2 is 1.97 bits per heavy atom. The Kier molecular flexibility index (Phi) is 7.06. The van der Waals surface area contributed by atoms with Gasteiger partial charge in [-0.1, -0.05) is 42.5 Å². The van der Waals surface area contributed by atoms with Crippen LogP contribution in [0.15, 0.2) is 54.6 Å². The summed E-state index contributed by atoms with van der Waals surface area (Å²) < 4.78 is 18.9. The SMILES string of the molecule is Cc1nc(Cc2ccc(F)cc2)sc1C(=O)NCC1CN(Cc2ccccc2)CCO1. The lowest BCUT2D eigenvalue weighted by Crippen LogP contribution is -2.47. The summed E-state index contributed by atoms with van der Waals surface area (Å²) >= 11 is 1.39. The highest BCUT2D eigenvalue weighted by atomic mass is 32.1. The molecule has 1 atom stereocenters. The van der Waals surface area contributed by atoms with Gasteiger partial charge in [0.15, 0.2) is 0 Å². The molecule has 1 fully saturated rings. The first-order valence-electron chi connectivity index (χ1n) is 10.4. The summed E-state index contributed by atoms with van der Waals surface area (Å²) in [4.78, 5) is 20.2. The molecule has 1 unspecified atom stereocenters. The maximum absolute atomic E-state index is 13.1. The summed E-state index contributed by atoms with van der Waals surface area (Å²) in [6.07, 6.45) is 0.549. The van der Waals surface area contributed by atoms with Crippen LogP contribution in [0.4, 0.5) is 4.39 Å². The van der Waals surface area contributed by atoms with Crippen LogP contribution in [0.1, 0.15) is 31.5 Å². The molecule has 2 heterocycles. The van der Waals surface area contributed by atoms with Crippen LogP contribution in [0, 0.1) is 12.7 Å². The van der Waals surface area contributed by atoms with Crippen LogP contribution < -0.4 is 5.32 Å². The van der Waals surface area contributed by atoms with Gasteiger partial charge in [0.2, 0.25) is 0 Å². The van der Waals surface area contributed by atoms with Crippen LogP contribution in [0.25, 0.3) is 0 Å². The lowest BCUT2D eigenvalue weighted by Gasteiger charge is -2.33. The number of halogens is 1. The van der Waals surface area contributed by atoms with E-state index in [1.807, 2.05) is 13.0 Å². The molecule has 4 rings (SSSR count). The molecule has 1 saturated heterocycles. The van der Waals surface area contributed by atoms with Crippen molar-refractivity contribution in [3.05, 3.63) is 87.1 Å². The molecule has 1 aliphatic heterocycles. The van der Waals surface area contributed by atoms with Gasteiger partial charge in [-0.25, -0.2) is 9.37 Å². The van der Waals surface area contributed by atoms with Crippen molar-refractivity contribution in [3.63, 3.8) is 0 Å². The van der Waals surface area contributed by atoms with Crippen LogP contribution in [0.3, 0.4) is 0 Å². The summed E-state index contributed by atoms with van der Waals surface area (Å²) in [5, 5.41) is 3.85. The number of nitrogens with zero attached hydrogens (tertiary/aromatic N) is 2. The van der Waals surface area contributed by atoms with E-state index in [0.29, 0.717) is 24.4 Å². The number of aryl methyl sites for hydroxylation is 1. The van der Waals surface area contributed by atoms with Gasteiger partial charge in [0, 0.05) is 32.6 Å². The molecule has 0 aliphatic carbocycles. The number of nitrogens with one attached hydrogen (secondary N) is 1. The Labute approximate surface area is 185 Å². The number of hydrogen-bond acceptors (Lipinski definition) is 5. The first-order chi connectivity index (χ1) is 15.1. The average Bonchev–Trinajstić information content (AvgIpc) is 3.15. The summed E-state index contributed by atoms with van der Waals surface area (Å²) in [7, 11) is 0. The highest BCUT2D eigenvalue weighted by Crippen LogP contribution is 2.21. The second-order valence-corrected chi connectivity index (χ2v) is 8.83. The van der Waals surface area contributed by atoms with Crippen molar-refractivity contribution >= 4 is 17.2 Å². The van der Waals surface area contributed by atoms with E-state index in [1.165, 1.54) is 29.0 Å². The number of aromatic nitrogens is 1. The zero-order valence-corrected chi connectivity index (χ0v) is 18.3. The van der Waals surface area contributed by atoms with Crippen molar-refractivity contribution in [3.8, 4) is 0 Å². The van der Waals surface area contributed by atoms with E-state index in [1.54, 1.807) is 12.1 Å². The van der Waals surface area contributed by atoms with Crippen molar-refractivity contribution in [1.82, 2.24) is 15.2 Å². The maximum Gasteiger partial charge on any atom is 0.263 e. The Bertz CT molecular complexity index is 1010. The molecule has 3 aromatic rings. The van der Waals surface area contributed by atoms with Gasteiger partial charge in [-0.15, -0.1) is 11.3 Å². The van der Waals surface area contributed by atoms with Gasteiger partial charge >= 0.3 is 0 Å². The van der Waals surface area contributed by atoms with E-state index in [2.05, 4.69) is 39.5 Å².